The summed E-state index contributed by atoms with van der Waals surface area (Å²) < 4.78 is 0. The van der Waals surface area contributed by atoms with E-state index in [0.717, 1.165) is 12.8 Å². The highest BCUT2D eigenvalue weighted by Gasteiger charge is 2.29. The summed E-state index contributed by atoms with van der Waals surface area (Å²) >= 11 is 0. The van der Waals surface area contributed by atoms with E-state index in [4.69, 9.17) is 10.8 Å². The van der Waals surface area contributed by atoms with Gasteiger partial charge in [-0.3, -0.25) is 0 Å². The summed E-state index contributed by atoms with van der Waals surface area (Å²) in [5, 5.41) is 8.94. The number of hydrogen-bond acceptors (Lipinski definition) is 2. The molecule has 1 rings (SSSR count). The number of nitrogens with two attached hydrogens (primary N) is 1. The number of aliphatic hydroxyl groups excluding tert-OH is 1. The normalized spacial score (nSPS) is 41.7. The van der Waals surface area contributed by atoms with Crippen LogP contribution < -0.4 is 5.73 Å². The van der Waals surface area contributed by atoms with E-state index in [1.165, 1.54) is 12.8 Å². The van der Waals surface area contributed by atoms with Crippen LogP contribution in [0.25, 0.3) is 0 Å². The van der Waals surface area contributed by atoms with Crippen LogP contribution >= 0.6 is 0 Å². The first-order chi connectivity index (χ1) is 4.66. The van der Waals surface area contributed by atoms with E-state index in [0.29, 0.717) is 5.92 Å². The van der Waals surface area contributed by atoms with Gasteiger partial charge in [0.25, 0.3) is 0 Å². The van der Waals surface area contributed by atoms with E-state index >= 15 is 0 Å². The molecule has 0 heterocycles. The van der Waals surface area contributed by atoms with E-state index < -0.39 is 0 Å². The van der Waals surface area contributed by atoms with Gasteiger partial charge in [-0.15, -0.1) is 0 Å². The van der Waals surface area contributed by atoms with Gasteiger partial charge < -0.3 is 10.8 Å². The lowest BCUT2D eigenvalue weighted by Gasteiger charge is -2.34. The Bertz CT molecular complexity index is 116. The molecular formula is C8H17NO. The monoisotopic (exact) mass is 143 g/mol. The molecule has 2 atom stereocenters. The molecule has 2 heteroatoms. The molecule has 0 unspecified atom stereocenters. The quantitative estimate of drug-likeness (QED) is 0.572. The Balaban J connectivity index is 2.45. The lowest BCUT2D eigenvalue weighted by molar-refractivity contribution is 0.134. The molecule has 0 aromatic rings. The van der Waals surface area contributed by atoms with Crippen molar-refractivity contribution in [3.8, 4) is 0 Å². The Labute approximate surface area is 62.4 Å². The average Bonchev–Trinajstić information content (AvgIpc) is 1.88. The molecule has 0 saturated heterocycles. The van der Waals surface area contributed by atoms with Crippen molar-refractivity contribution in [1.82, 2.24) is 0 Å². The maximum absolute atomic E-state index is 8.94. The topological polar surface area (TPSA) is 46.2 Å². The third kappa shape index (κ3) is 1.70. The first-order valence-electron chi connectivity index (χ1n) is 4.06. The lowest BCUT2D eigenvalue weighted by Crippen LogP contribution is -2.47. The van der Waals surface area contributed by atoms with Crippen LogP contribution in [0, 0.1) is 5.92 Å². The van der Waals surface area contributed by atoms with Gasteiger partial charge in [0.1, 0.15) is 0 Å². The molecule has 0 aromatic heterocycles. The summed E-state index contributed by atoms with van der Waals surface area (Å²) in [5.74, 6) is 0.700. The molecule has 0 radical (unpaired) electrons. The van der Waals surface area contributed by atoms with Crippen molar-refractivity contribution in [2.45, 2.75) is 38.1 Å². The minimum absolute atomic E-state index is 0.150. The molecule has 1 aliphatic rings. The largest absolute Gasteiger partial charge is 0.394 e. The second-order valence-electron chi connectivity index (χ2n) is 3.72. The second-order valence-corrected chi connectivity index (χ2v) is 3.72. The van der Waals surface area contributed by atoms with Gasteiger partial charge in [0.2, 0.25) is 0 Å². The van der Waals surface area contributed by atoms with E-state index in [9.17, 15) is 0 Å². The molecule has 0 spiro atoms. The van der Waals surface area contributed by atoms with E-state index in [1.807, 2.05) is 0 Å². The Hall–Kier alpha value is -0.0800. The van der Waals surface area contributed by atoms with Gasteiger partial charge in [0.15, 0.2) is 0 Å². The maximum Gasteiger partial charge on any atom is 0.0611 e. The highest BCUT2D eigenvalue weighted by Crippen LogP contribution is 2.29. The van der Waals surface area contributed by atoms with Crippen LogP contribution in [0.4, 0.5) is 0 Å². The van der Waals surface area contributed by atoms with Gasteiger partial charge >= 0.3 is 0 Å². The van der Waals surface area contributed by atoms with Crippen molar-refractivity contribution in [2.75, 3.05) is 6.61 Å². The number of hydrogen-bond donors (Lipinski definition) is 2. The van der Waals surface area contributed by atoms with E-state index in [-0.39, 0.29) is 12.1 Å². The highest BCUT2D eigenvalue weighted by molar-refractivity contribution is 4.88. The maximum atomic E-state index is 8.94. The molecule has 0 amide bonds. The van der Waals surface area contributed by atoms with Crippen molar-refractivity contribution < 1.29 is 5.11 Å². The summed E-state index contributed by atoms with van der Waals surface area (Å²) in [5.41, 5.74) is 5.65. The van der Waals surface area contributed by atoms with Crippen LogP contribution in [0.1, 0.15) is 32.6 Å². The molecule has 10 heavy (non-hydrogen) atoms. The minimum atomic E-state index is -0.252. The van der Waals surface area contributed by atoms with Crippen molar-refractivity contribution in [1.29, 1.82) is 0 Å². The second kappa shape index (κ2) is 2.89. The fourth-order valence-corrected chi connectivity index (χ4v) is 1.84. The SMILES string of the molecule is C[C@H]1CCC[C@@](N)(CO)C1. The third-order valence-corrected chi connectivity index (χ3v) is 2.44. The Morgan fingerprint density at radius 1 is 1.70 bits per heavy atom. The van der Waals surface area contributed by atoms with Crippen molar-refractivity contribution >= 4 is 0 Å². The summed E-state index contributed by atoms with van der Waals surface area (Å²) in [4.78, 5) is 0. The molecule has 1 fully saturated rings. The molecule has 60 valence electrons. The average molecular weight is 143 g/mol. The first kappa shape index (κ1) is 8.02. The predicted octanol–water partition coefficient (Wildman–Crippen LogP) is 0.886. The Morgan fingerprint density at radius 3 is 2.80 bits per heavy atom. The van der Waals surface area contributed by atoms with Crippen LogP contribution in [0.2, 0.25) is 0 Å². The van der Waals surface area contributed by atoms with Crippen molar-refractivity contribution in [3.05, 3.63) is 0 Å². The number of aliphatic hydroxyl groups is 1. The first-order valence-corrected chi connectivity index (χ1v) is 4.06. The van der Waals surface area contributed by atoms with Crippen molar-refractivity contribution in [3.63, 3.8) is 0 Å². The van der Waals surface area contributed by atoms with Gasteiger partial charge in [-0.25, -0.2) is 0 Å². The molecule has 1 aliphatic carbocycles. The van der Waals surface area contributed by atoms with Crippen molar-refractivity contribution in [2.24, 2.45) is 11.7 Å². The van der Waals surface area contributed by atoms with E-state index in [1.54, 1.807) is 0 Å². The minimum Gasteiger partial charge on any atom is -0.394 e. The van der Waals surface area contributed by atoms with Crippen LogP contribution in [0.3, 0.4) is 0 Å². The zero-order valence-electron chi connectivity index (χ0n) is 6.64. The zero-order chi connectivity index (χ0) is 7.61. The van der Waals surface area contributed by atoms with Gasteiger partial charge in [0.05, 0.1) is 6.61 Å². The molecule has 3 N–H and O–H groups in total. The van der Waals surface area contributed by atoms with Gasteiger partial charge in [0, 0.05) is 5.54 Å². The standard InChI is InChI=1S/C8H17NO/c1-7-3-2-4-8(9,5-7)6-10/h7,10H,2-6,9H2,1H3/t7-,8-/m0/s1. The summed E-state index contributed by atoms with van der Waals surface area (Å²) in [6.45, 7) is 2.35. The van der Waals surface area contributed by atoms with Gasteiger partial charge in [-0.05, 0) is 18.8 Å². The molecule has 0 bridgehead atoms. The van der Waals surface area contributed by atoms with Crippen LogP contribution in [-0.4, -0.2) is 17.3 Å². The van der Waals surface area contributed by atoms with Crippen LogP contribution in [0.5, 0.6) is 0 Å². The smallest absolute Gasteiger partial charge is 0.0611 e. The fourth-order valence-electron chi connectivity index (χ4n) is 1.84. The number of rotatable bonds is 1. The lowest BCUT2D eigenvalue weighted by atomic mass is 9.78. The predicted molar refractivity (Wildman–Crippen MR) is 41.6 cm³/mol. The Morgan fingerprint density at radius 2 is 2.40 bits per heavy atom. The zero-order valence-corrected chi connectivity index (χ0v) is 6.64. The van der Waals surface area contributed by atoms with E-state index in [2.05, 4.69) is 6.92 Å². The van der Waals surface area contributed by atoms with Gasteiger partial charge in [-0.1, -0.05) is 19.8 Å². The molecule has 1 saturated carbocycles. The molecule has 2 nitrogen and oxygen atoms in total. The van der Waals surface area contributed by atoms with Crippen LogP contribution in [0.15, 0.2) is 0 Å². The van der Waals surface area contributed by atoms with Crippen LogP contribution in [-0.2, 0) is 0 Å². The summed E-state index contributed by atoms with van der Waals surface area (Å²) in [6, 6.07) is 0. The molecular weight excluding hydrogens is 126 g/mol. The Kier molecular flexibility index (Phi) is 2.32. The molecule has 0 aliphatic heterocycles. The summed E-state index contributed by atoms with van der Waals surface area (Å²) in [6.07, 6.45) is 4.44. The highest BCUT2D eigenvalue weighted by atomic mass is 16.3. The third-order valence-electron chi connectivity index (χ3n) is 2.44. The van der Waals surface area contributed by atoms with Gasteiger partial charge in [-0.2, -0.15) is 0 Å². The fraction of sp³-hybridized carbons (Fsp3) is 1.00. The summed E-state index contributed by atoms with van der Waals surface area (Å²) in [7, 11) is 0. The molecule has 0 aromatic carbocycles.